The van der Waals surface area contributed by atoms with Crippen molar-refractivity contribution in [3.05, 3.63) is 102 Å². The van der Waals surface area contributed by atoms with Gasteiger partial charge in [-0.15, -0.1) is 5.11 Å². The van der Waals surface area contributed by atoms with Crippen molar-refractivity contribution in [1.82, 2.24) is 19.5 Å². The van der Waals surface area contributed by atoms with Crippen molar-refractivity contribution in [2.45, 2.75) is 19.9 Å². The van der Waals surface area contributed by atoms with Crippen molar-refractivity contribution in [3.63, 3.8) is 0 Å². The first kappa shape index (κ1) is 24.0. The lowest BCUT2D eigenvalue weighted by atomic mass is 10.0. The van der Waals surface area contributed by atoms with Gasteiger partial charge in [0.15, 0.2) is 5.84 Å². The predicted molar refractivity (Wildman–Crippen MR) is 151 cm³/mol. The minimum atomic E-state index is 0. The Hall–Kier alpha value is -4.72. The number of hydrogen-bond acceptors (Lipinski definition) is 6. The maximum Gasteiger partial charge on any atom is 0.225 e. The summed E-state index contributed by atoms with van der Waals surface area (Å²) in [6, 6.07) is 28.2. The SMILES string of the molecule is CCN=C(N=NC)c1ccccc1-c1cc(-n2cnc3ccccc32)nc(N[C@@H](C)c2ccccc2)n1.[HH]. The summed E-state index contributed by atoms with van der Waals surface area (Å²) in [6.45, 7) is 4.67. The summed E-state index contributed by atoms with van der Waals surface area (Å²) >= 11 is 0. The number of hydrogen-bond donors (Lipinski definition) is 1. The van der Waals surface area contributed by atoms with E-state index in [1.54, 1.807) is 13.4 Å². The molecular formula is C29H30N8. The van der Waals surface area contributed by atoms with Gasteiger partial charge < -0.3 is 5.32 Å². The van der Waals surface area contributed by atoms with Gasteiger partial charge >= 0.3 is 0 Å². The van der Waals surface area contributed by atoms with E-state index in [4.69, 9.17) is 9.97 Å². The van der Waals surface area contributed by atoms with Gasteiger partial charge in [0.1, 0.15) is 12.1 Å². The van der Waals surface area contributed by atoms with E-state index < -0.39 is 0 Å². The first-order chi connectivity index (χ1) is 18.2. The smallest absolute Gasteiger partial charge is 0.225 e. The summed E-state index contributed by atoms with van der Waals surface area (Å²) in [5.74, 6) is 1.80. The van der Waals surface area contributed by atoms with Gasteiger partial charge in [-0.3, -0.25) is 9.56 Å². The number of azo groups is 1. The number of nitrogens with zero attached hydrogens (tertiary/aromatic N) is 7. The molecule has 0 aliphatic heterocycles. The molecule has 1 N–H and O–H groups in total. The molecule has 186 valence electrons. The number of nitrogens with one attached hydrogen (secondary N) is 1. The summed E-state index contributed by atoms with van der Waals surface area (Å²) in [5.41, 5.74) is 5.51. The molecule has 0 fully saturated rings. The van der Waals surface area contributed by atoms with Crippen LogP contribution in [0.4, 0.5) is 5.95 Å². The third-order valence-corrected chi connectivity index (χ3v) is 6.00. The van der Waals surface area contributed by atoms with Crippen LogP contribution in [0.15, 0.2) is 106 Å². The van der Waals surface area contributed by atoms with E-state index in [-0.39, 0.29) is 7.47 Å². The third-order valence-electron chi connectivity index (χ3n) is 6.00. The summed E-state index contributed by atoms with van der Waals surface area (Å²) in [6.07, 6.45) is 1.79. The number of para-hydroxylation sites is 2. The Morgan fingerprint density at radius 1 is 0.973 bits per heavy atom. The molecule has 8 nitrogen and oxygen atoms in total. The highest BCUT2D eigenvalue weighted by Crippen LogP contribution is 2.28. The average Bonchev–Trinajstić information content (AvgIpc) is 3.38. The Morgan fingerprint density at radius 2 is 1.73 bits per heavy atom. The highest BCUT2D eigenvalue weighted by atomic mass is 15.2. The van der Waals surface area contributed by atoms with E-state index in [1.165, 1.54) is 0 Å². The molecule has 0 saturated heterocycles. The van der Waals surface area contributed by atoms with Crippen LogP contribution < -0.4 is 5.32 Å². The van der Waals surface area contributed by atoms with Crippen LogP contribution in [-0.2, 0) is 0 Å². The van der Waals surface area contributed by atoms with Gasteiger partial charge in [-0.2, -0.15) is 10.1 Å². The van der Waals surface area contributed by atoms with Crippen LogP contribution in [0.5, 0.6) is 0 Å². The molecule has 37 heavy (non-hydrogen) atoms. The van der Waals surface area contributed by atoms with Crippen molar-refractivity contribution in [2.24, 2.45) is 15.2 Å². The number of benzene rings is 3. The molecule has 2 heterocycles. The van der Waals surface area contributed by atoms with Gasteiger partial charge in [-0.05, 0) is 31.5 Å². The van der Waals surface area contributed by atoms with Gasteiger partial charge in [-0.25, -0.2) is 9.97 Å². The first-order valence-corrected chi connectivity index (χ1v) is 12.2. The van der Waals surface area contributed by atoms with Gasteiger partial charge in [0.05, 0.1) is 22.8 Å². The van der Waals surface area contributed by atoms with Gasteiger partial charge in [0, 0.05) is 32.2 Å². The van der Waals surface area contributed by atoms with Gasteiger partial charge in [0.25, 0.3) is 0 Å². The average molecular weight is 491 g/mol. The fourth-order valence-electron chi connectivity index (χ4n) is 4.24. The zero-order chi connectivity index (χ0) is 25.6. The predicted octanol–water partition coefficient (Wildman–Crippen LogP) is 6.75. The van der Waals surface area contributed by atoms with Crippen molar-refractivity contribution >= 4 is 22.8 Å². The van der Waals surface area contributed by atoms with Crippen LogP contribution in [-0.4, -0.2) is 38.9 Å². The second-order valence-electron chi connectivity index (χ2n) is 8.46. The quantitative estimate of drug-likeness (QED) is 0.155. The number of rotatable bonds is 7. The number of fused-ring (bicyclic) bond motifs is 1. The minimum absolute atomic E-state index is 0. The Labute approximate surface area is 217 Å². The Kier molecular flexibility index (Phi) is 7.07. The van der Waals surface area contributed by atoms with Crippen LogP contribution in [0.1, 0.15) is 32.4 Å². The number of amidine groups is 1. The van der Waals surface area contributed by atoms with Gasteiger partial charge in [0.2, 0.25) is 5.95 Å². The van der Waals surface area contributed by atoms with E-state index in [0.29, 0.717) is 24.1 Å². The second kappa shape index (κ2) is 10.9. The summed E-state index contributed by atoms with van der Waals surface area (Å²) in [4.78, 5) is 19.0. The molecule has 0 amide bonds. The van der Waals surface area contributed by atoms with Gasteiger partial charge in [-0.1, -0.05) is 66.7 Å². The van der Waals surface area contributed by atoms with E-state index in [1.807, 2.05) is 84.3 Å². The Bertz CT molecular complexity index is 1580. The lowest BCUT2D eigenvalue weighted by molar-refractivity contribution is 0.855. The van der Waals surface area contributed by atoms with E-state index in [0.717, 1.165) is 33.4 Å². The molecule has 0 spiro atoms. The summed E-state index contributed by atoms with van der Waals surface area (Å²) in [7, 11) is 1.65. The molecular weight excluding hydrogens is 460 g/mol. The lowest BCUT2D eigenvalue weighted by Crippen LogP contribution is -2.12. The molecule has 0 bridgehead atoms. The molecule has 3 aromatic carbocycles. The van der Waals surface area contributed by atoms with E-state index in [2.05, 4.69) is 44.6 Å². The fraction of sp³-hybridized carbons (Fsp3) is 0.172. The van der Waals surface area contributed by atoms with Crippen molar-refractivity contribution < 1.29 is 1.43 Å². The fourth-order valence-corrected chi connectivity index (χ4v) is 4.24. The van der Waals surface area contributed by atoms with E-state index in [9.17, 15) is 0 Å². The molecule has 8 heteroatoms. The number of imidazole rings is 1. The standard InChI is InChI=1S/C29H28N8.H2/c1-4-31-28(36-30-3)23-15-9-8-14-22(23)25-18-27(37-19-32-24-16-10-11-17-26(24)37)35-29(34-25)33-20(2)21-12-6-5-7-13-21;/h5-20H,4H2,1-3H3,(H,33,34,35);1H/t20-;/m0./s1. The molecule has 0 aliphatic rings. The molecule has 5 rings (SSSR count). The van der Waals surface area contributed by atoms with Crippen molar-refractivity contribution in [1.29, 1.82) is 0 Å². The van der Waals surface area contributed by atoms with Crippen molar-refractivity contribution in [3.8, 4) is 17.1 Å². The van der Waals surface area contributed by atoms with Crippen LogP contribution in [0.25, 0.3) is 28.1 Å². The largest absolute Gasteiger partial charge is 0.348 e. The number of aliphatic imine (C=N–C) groups is 1. The zero-order valence-corrected chi connectivity index (χ0v) is 21.1. The van der Waals surface area contributed by atoms with Crippen LogP contribution in [0, 0.1) is 0 Å². The molecule has 1 atom stereocenters. The molecule has 0 aliphatic carbocycles. The first-order valence-electron chi connectivity index (χ1n) is 12.2. The molecule has 0 unspecified atom stereocenters. The Morgan fingerprint density at radius 3 is 2.54 bits per heavy atom. The normalized spacial score (nSPS) is 12.8. The van der Waals surface area contributed by atoms with Crippen molar-refractivity contribution in [2.75, 3.05) is 18.9 Å². The van der Waals surface area contributed by atoms with Crippen LogP contribution >= 0.6 is 0 Å². The molecule has 0 radical (unpaired) electrons. The van der Waals surface area contributed by atoms with E-state index >= 15 is 0 Å². The lowest BCUT2D eigenvalue weighted by Gasteiger charge is -2.17. The third kappa shape index (κ3) is 5.13. The topological polar surface area (TPSA) is 92.7 Å². The molecule has 2 aromatic heterocycles. The minimum Gasteiger partial charge on any atom is -0.348 e. The molecule has 0 saturated carbocycles. The molecule has 5 aromatic rings. The Balaban J connectivity index is 0.00000336. The maximum atomic E-state index is 4.94. The monoisotopic (exact) mass is 490 g/mol. The number of anilines is 1. The highest BCUT2D eigenvalue weighted by Gasteiger charge is 2.17. The maximum absolute atomic E-state index is 4.94. The second-order valence-corrected chi connectivity index (χ2v) is 8.46. The number of aromatic nitrogens is 4. The summed E-state index contributed by atoms with van der Waals surface area (Å²) < 4.78 is 1.98. The highest BCUT2D eigenvalue weighted by molar-refractivity contribution is 6.04. The zero-order valence-electron chi connectivity index (χ0n) is 21.1. The van der Waals surface area contributed by atoms with Crippen LogP contribution in [0.2, 0.25) is 0 Å². The summed E-state index contributed by atoms with van der Waals surface area (Å²) in [5, 5.41) is 11.8. The van der Waals surface area contributed by atoms with Crippen LogP contribution in [0.3, 0.4) is 0 Å².